The Morgan fingerprint density at radius 1 is 0.347 bits per heavy atom. The molecule has 0 aromatic heterocycles. The standard InChI is InChI=1S/C81H144N26O17/c1-8-9-10-11-12-13-14-15-16-17-21-36-64(110)98-54(33-26-41-92-79(86)87)70(115)105-60(45-52-29-19-18-20-30-52)75(120)97-51(7)68(113)99-56(34-27-42-93-80(88)89)71(116)100-53(31-22-24-39-82)69(114)95-47-65(111)96-50(6)67(112)104-59(44-48(2)3)76(121)102-57(35-28-43-94-81(90)91)72(117)103-58(37-38-62(84)108)74(119)101-55(32-23-25-40-83)73(118)106-61(46-63(85)109)77(122)107-66(49(4)5)78(123)124/h18-20,29-30,48-51,53-61,66H,8-17,21-28,31-47,82-83H2,1-7H3,(H2,84,108)(H2,85,109)(H,95,114)(H,96,111)(H,97,120)(H,98,110)(H,99,113)(H,100,116)(H,101,119)(H,102,121)(H,103,117)(H,104,112)(H,105,115)(H,106,118)(H,107,122)(H,123,124)(H4,86,87,92)(H4,88,89,93)(H4,90,91,94)/t50-,51-,53-,54-,55-,56-,57-,58-,59-,60-,61-,66-/m0/s1. The quantitative estimate of drug-likeness (QED) is 0.0169. The van der Waals surface area contributed by atoms with E-state index in [2.05, 4.69) is 91.0 Å². The number of nitrogens with one attached hydrogen (secondary N) is 13. The summed E-state index contributed by atoms with van der Waals surface area (Å²) in [6, 6.07) is -8.60. The number of nitrogens with two attached hydrogens (primary N) is 10. The fraction of sp³-hybridized carbons (Fsp3) is 0.691. The molecule has 0 aliphatic heterocycles. The second-order valence-electron chi connectivity index (χ2n) is 31.6. The van der Waals surface area contributed by atoms with Crippen LogP contribution in [0, 0.1) is 11.8 Å². The minimum absolute atomic E-state index is 0.00139. The first-order chi connectivity index (χ1) is 58.7. The van der Waals surface area contributed by atoms with Crippen molar-refractivity contribution >= 4 is 112 Å². The van der Waals surface area contributed by atoms with Crippen LogP contribution in [-0.2, 0) is 83.1 Å². The molecule has 0 saturated carbocycles. The minimum Gasteiger partial charge on any atom is -0.480 e. The molecule has 43 nitrogen and oxygen atoms in total. The van der Waals surface area contributed by atoms with Gasteiger partial charge in [0.15, 0.2) is 17.9 Å². The van der Waals surface area contributed by atoms with Gasteiger partial charge in [-0.25, -0.2) is 4.79 Å². The van der Waals surface area contributed by atoms with Gasteiger partial charge < -0.3 is 132 Å². The van der Waals surface area contributed by atoms with Crippen LogP contribution >= 0.6 is 0 Å². The topological polar surface area (TPSA) is 747 Å². The lowest BCUT2D eigenvalue weighted by atomic mass is 10.0. The number of rotatable bonds is 68. The molecule has 0 spiro atoms. The summed E-state index contributed by atoms with van der Waals surface area (Å²) in [7, 11) is 0. The molecule has 43 heteroatoms. The van der Waals surface area contributed by atoms with E-state index in [1.165, 1.54) is 66.2 Å². The Morgan fingerprint density at radius 2 is 0.710 bits per heavy atom. The molecule has 0 unspecified atom stereocenters. The summed E-state index contributed by atoms with van der Waals surface area (Å²) < 4.78 is 0. The number of hydrogen-bond acceptors (Lipinski definition) is 21. The largest absolute Gasteiger partial charge is 0.480 e. The summed E-state index contributed by atoms with van der Waals surface area (Å²) in [5.41, 5.74) is 56.5. The maximum Gasteiger partial charge on any atom is 0.326 e. The first-order valence-electron chi connectivity index (χ1n) is 43.0. The van der Waals surface area contributed by atoms with Gasteiger partial charge in [-0.05, 0) is 141 Å². The zero-order valence-corrected chi connectivity index (χ0v) is 73.3. The molecule has 15 amide bonds. The highest BCUT2D eigenvalue weighted by molar-refractivity contribution is 6.00. The number of aliphatic imine (C=N–C) groups is 3. The van der Waals surface area contributed by atoms with Crippen molar-refractivity contribution in [2.45, 2.75) is 307 Å². The molecule has 34 N–H and O–H groups in total. The molecule has 1 aromatic carbocycles. The maximum absolute atomic E-state index is 14.5. The summed E-state index contributed by atoms with van der Waals surface area (Å²) in [4.78, 5) is 231. The summed E-state index contributed by atoms with van der Waals surface area (Å²) >= 11 is 0. The molecule has 700 valence electrons. The third-order valence-electron chi connectivity index (χ3n) is 19.7. The van der Waals surface area contributed by atoms with E-state index in [0.29, 0.717) is 24.8 Å². The summed E-state index contributed by atoms with van der Waals surface area (Å²) in [6.45, 7) is 10.9. The molecule has 1 aromatic rings. The van der Waals surface area contributed by atoms with Gasteiger partial charge in [-0.1, -0.05) is 129 Å². The lowest BCUT2D eigenvalue weighted by Gasteiger charge is -2.28. The van der Waals surface area contributed by atoms with Crippen molar-refractivity contribution in [1.29, 1.82) is 0 Å². The fourth-order valence-electron chi connectivity index (χ4n) is 12.8. The lowest BCUT2D eigenvalue weighted by molar-refractivity contribution is -0.143. The van der Waals surface area contributed by atoms with E-state index in [-0.39, 0.29) is 146 Å². The first-order valence-corrected chi connectivity index (χ1v) is 43.0. The van der Waals surface area contributed by atoms with Gasteiger partial charge in [0.1, 0.15) is 72.5 Å². The number of benzene rings is 1. The average Bonchev–Trinajstić information content (AvgIpc) is 0.861. The third kappa shape index (κ3) is 50.2. The number of carbonyl (C=O) groups excluding carboxylic acids is 15. The average molecular weight is 1750 g/mol. The molecule has 0 saturated heterocycles. The molecule has 0 aliphatic rings. The smallest absolute Gasteiger partial charge is 0.326 e. The van der Waals surface area contributed by atoms with E-state index >= 15 is 0 Å². The number of guanidine groups is 3. The van der Waals surface area contributed by atoms with Crippen molar-refractivity contribution in [3.63, 3.8) is 0 Å². The van der Waals surface area contributed by atoms with Crippen molar-refractivity contribution in [1.82, 2.24) is 69.1 Å². The van der Waals surface area contributed by atoms with Crippen LogP contribution in [0.3, 0.4) is 0 Å². The molecule has 0 fully saturated rings. The van der Waals surface area contributed by atoms with Crippen LogP contribution in [0.1, 0.15) is 234 Å². The molecular formula is C81H144N26O17. The molecule has 12 atom stereocenters. The Hall–Kier alpha value is -11.5. The van der Waals surface area contributed by atoms with Gasteiger partial charge in [0, 0.05) is 38.9 Å². The van der Waals surface area contributed by atoms with Gasteiger partial charge >= 0.3 is 5.97 Å². The SMILES string of the molecule is CCCCCCCCCCCCCC(=O)N[C@@H](CCCN=C(N)N)C(=O)N[C@@H](Cc1ccccc1)C(=O)N[C@@H](C)C(=O)N[C@@H](CCCN=C(N)N)C(=O)N[C@@H](CCCCN)C(=O)NCC(=O)N[C@@H](C)C(=O)N[C@@H](CC(C)C)C(=O)N[C@@H](CCCN=C(N)N)C(=O)N[C@@H](CCC(N)=O)C(=O)N[C@@H](CCCCN)C(=O)N[C@@H](CC(N)=O)C(=O)N[C@H](C(=O)O)C(C)C. The van der Waals surface area contributed by atoms with Crippen molar-refractivity contribution in [3.05, 3.63) is 35.9 Å². The van der Waals surface area contributed by atoms with Crippen LogP contribution in [0.25, 0.3) is 0 Å². The zero-order chi connectivity index (χ0) is 93.2. The number of nitrogens with zero attached hydrogens (tertiary/aromatic N) is 3. The number of carbonyl (C=O) groups is 16. The summed E-state index contributed by atoms with van der Waals surface area (Å²) in [5.74, 6) is -16.5. The molecule has 124 heavy (non-hydrogen) atoms. The predicted molar refractivity (Wildman–Crippen MR) is 468 cm³/mol. The van der Waals surface area contributed by atoms with Crippen LogP contribution in [0.4, 0.5) is 0 Å². The second-order valence-corrected chi connectivity index (χ2v) is 31.6. The first kappa shape index (κ1) is 110. The molecule has 0 heterocycles. The molecular weight excluding hydrogens is 1610 g/mol. The number of hydrogen-bond donors (Lipinski definition) is 24. The van der Waals surface area contributed by atoms with Crippen LogP contribution in [0.5, 0.6) is 0 Å². The monoisotopic (exact) mass is 1750 g/mol. The highest BCUT2D eigenvalue weighted by Gasteiger charge is 2.37. The fourth-order valence-corrected chi connectivity index (χ4v) is 12.8. The van der Waals surface area contributed by atoms with Crippen LogP contribution in [-0.4, -0.2) is 229 Å². The second kappa shape index (κ2) is 63.4. The van der Waals surface area contributed by atoms with Crippen molar-refractivity contribution in [2.24, 2.45) is 84.1 Å². The van der Waals surface area contributed by atoms with Gasteiger partial charge in [0.05, 0.1) is 13.0 Å². The Bertz CT molecular complexity index is 3620. The van der Waals surface area contributed by atoms with Crippen molar-refractivity contribution in [2.75, 3.05) is 39.3 Å². The number of carboxylic acids is 1. The van der Waals surface area contributed by atoms with Gasteiger partial charge in [0.25, 0.3) is 0 Å². The molecule has 0 aliphatic carbocycles. The number of aliphatic carboxylic acids is 1. The van der Waals surface area contributed by atoms with E-state index in [0.717, 1.165) is 25.7 Å². The predicted octanol–water partition coefficient (Wildman–Crippen LogP) is -3.75. The summed E-state index contributed by atoms with van der Waals surface area (Å²) in [6.07, 6.45) is 11.4. The highest BCUT2D eigenvalue weighted by atomic mass is 16.4. The van der Waals surface area contributed by atoms with Crippen LogP contribution in [0.15, 0.2) is 45.3 Å². The molecule has 1 rings (SSSR count). The van der Waals surface area contributed by atoms with E-state index < -0.39 is 193 Å². The van der Waals surface area contributed by atoms with Crippen molar-refractivity contribution in [3.8, 4) is 0 Å². The number of primary amides is 2. The highest BCUT2D eigenvalue weighted by Crippen LogP contribution is 2.16. The van der Waals surface area contributed by atoms with Crippen LogP contribution in [0.2, 0.25) is 0 Å². The van der Waals surface area contributed by atoms with E-state index in [1.54, 1.807) is 44.2 Å². The van der Waals surface area contributed by atoms with E-state index in [4.69, 9.17) is 57.3 Å². The summed E-state index contributed by atoms with van der Waals surface area (Å²) in [5, 5.41) is 43.0. The number of carboxylic acid groups (broad SMARTS) is 1. The Labute approximate surface area is 726 Å². The Morgan fingerprint density at radius 3 is 1.12 bits per heavy atom. The lowest BCUT2D eigenvalue weighted by Crippen LogP contribution is -2.60. The van der Waals surface area contributed by atoms with Gasteiger partial charge in [-0.2, -0.15) is 0 Å². The van der Waals surface area contributed by atoms with Gasteiger partial charge in [-0.3, -0.25) is 86.9 Å². The van der Waals surface area contributed by atoms with Crippen LogP contribution < -0.4 is 126 Å². The molecule has 0 radical (unpaired) electrons. The zero-order valence-electron chi connectivity index (χ0n) is 73.3. The third-order valence-corrected chi connectivity index (χ3v) is 19.7. The number of unbranched alkanes of at least 4 members (excludes halogenated alkanes) is 12. The number of amides is 15. The minimum atomic E-state index is -1.73. The van der Waals surface area contributed by atoms with E-state index in [1.807, 2.05) is 0 Å². The van der Waals surface area contributed by atoms with Gasteiger partial charge in [0.2, 0.25) is 88.6 Å². The Balaban J connectivity index is 3.51. The van der Waals surface area contributed by atoms with Gasteiger partial charge in [-0.15, -0.1) is 0 Å². The van der Waals surface area contributed by atoms with Crippen molar-refractivity contribution < 1.29 is 81.8 Å². The maximum atomic E-state index is 14.5. The normalized spacial score (nSPS) is 13.9. The molecule has 0 bridgehead atoms. The Kier molecular flexibility index (Phi) is 56.5. The van der Waals surface area contributed by atoms with E-state index in [9.17, 15) is 81.8 Å².